The van der Waals surface area contributed by atoms with Gasteiger partial charge in [0.2, 0.25) is 0 Å². The highest BCUT2D eigenvalue weighted by Gasteiger charge is 2.31. The Kier molecular flexibility index (Phi) is 4.65. The zero-order valence-corrected chi connectivity index (χ0v) is 10.8. The number of benzene rings is 1. The molecule has 1 aliphatic heterocycles. The van der Waals surface area contributed by atoms with Gasteiger partial charge in [-0.2, -0.15) is 8.78 Å². The topological polar surface area (TPSA) is 46.6 Å². The van der Waals surface area contributed by atoms with Crippen molar-refractivity contribution in [3.05, 3.63) is 35.9 Å². The fourth-order valence-corrected chi connectivity index (χ4v) is 2.16. The van der Waals surface area contributed by atoms with E-state index in [1.165, 1.54) is 0 Å². The second kappa shape index (κ2) is 6.45. The van der Waals surface area contributed by atoms with Crippen LogP contribution in [0, 0.1) is 5.92 Å². The Hall–Kier alpha value is -1.98. The highest BCUT2D eigenvalue weighted by Crippen LogP contribution is 2.18. The minimum absolute atomic E-state index is 0.0784. The molecule has 6 heteroatoms. The molecule has 0 N–H and O–H groups in total. The number of ether oxygens (including phenoxy) is 1. The smallest absolute Gasteiger partial charge is 0.338 e. The van der Waals surface area contributed by atoms with E-state index in [4.69, 9.17) is 4.74 Å². The second-order valence-corrected chi connectivity index (χ2v) is 4.70. The van der Waals surface area contributed by atoms with E-state index in [9.17, 15) is 18.4 Å². The maximum absolute atomic E-state index is 12.3. The Labute approximate surface area is 115 Å². The summed E-state index contributed by atoms with van der Waals surface area (Å²) in [6.07, 6.45) is -2.40. The molecule has 0 radical (unpaired) electrons. The molecular weight excluding hydrogens is 268 g/mol. The fraction of sp³-hybridized carbons (Fsp3) is 0.429. The van der Waals surface area contributed by atoms with Crippen molar-refractivity contribution in [2.75, 3.05) is 19.7 Å². The van der Waals surface area contributed by atoms with Crippen LogP contribution in [0.2, 0.25) is 0 Å². The van der Waals surface area contributed by atoms with Crippen molar-refractivity contribution in [1.82, 2.24) is 4.90 Å². The van der Waals surface area contributed by atoms with Crippen LogP contribution in [0.3, 0.4) is 0 Å². The standard InChI is InChI=1S/C14H15F2NO3/c15-12(16)13(18)17-7-6-10(8-17)9-20-14(19)11-4-2-1-3-5-11/h1-5,10,12H,6-9H2. The Morgan fingerprint density at radius 2 is 2.00 bits per heavy atom. The second-order valence-electron chi connectivity index (χ2n) is 4.70. The largest absolute Gasteiger partial charge is 0.462 e. The van der Waals surface area contributed by atoms with Gasteiger partial charge in [-0.3, -0.25) is 4.79 Å². The number of alkyl halides is 2. The molecule has 0 aliphatic carbocycles. The molecule has 20 heavy (non-hydrogen) atoms. The molecule has 1 heterocycles. The molecule has 0 aromatic heterocycles. The Morgan fingerprint density at radius 1 is 1.30 bits per heavy atom. The quantitative estimate of drug-likeness (QED) is 0.794. The van der Waals surface area contributed by atoms with E-state index in [1.807, 2.05) is 0 Å². The number of hydrogen-bond donors (Lipinski definition) is 0. The molecule has 1 aromatic carbocycles. The maximum atomic E-state index is 12.3. The van der Waals surface area contributed by atoms with Crippen molar-refractivity contribution >= 4 is 11.9 Å². The van der Waals surface area contributed by atoms with Gasteiger partial charge in [0.1, 0.15) is 0 Å². The van der Waals surface area contributed by atoms with Gasteiger partial charge in [-0.1, -0.05) is 18.2 Å². The summed E-state index contributed by atoms with van der Waals surface area (Å²) >= 11 is 0. The zero-order valence-electron chi connectivity index (χ0n) is 10.8. The van der Waals surface area contributed by atoms with Crippen molar-refractivity contribution in [2.24, 2.45) is 5.92 Å². The van der Waals surface area contributed by atoms with Gasteiger partial charge in [-0.25, -0.2) is 4.79 Å². The molecule has 2 rings (SSSR count). The molecule has 0 bridgehead atoms. The van der Waals surface area contributed by atoms with Crippen LogP contribution in [0.4, 0.5) is 8.78 Å². The average molecular weight is 283 g/mol. The predicted octanol–water partition coefficient (Wildman–Crippen LogP) is 1.96. The highest BCUT2D eigenvalue weighted by atomic mass is 19.3. The summed E-state index contributed by atoms with van der Waals surface area (Å²) in [6, 6.07) is 8.54. The van der Waals surface area contributed by atoms with Crippen LogP contribution in [0.1, 0.15) is 16.8 Å². The first kappa shape index (κ1) is 14.4. The van der Waals surface area contributed by atoms with Crippen LogP contribution < -0.4 is 0 Å². The zero-order chi connectivity index (χ0) is 14.5. The number of likely N-dealkylation sites (tertiary alicyclic amines) is 1. The molecule has 0 spiro atoms. The lowest BCUT2D eigenvalue weighted by atomic mass is 10.1. The van der Waals surface area contributed by atoms with Crippen LogP contribution in [-0.4, -0.2) is 42.9 Å². The molecule has 1 unspecified atom stereocenters. The Balaban J connectivity index is 1.79. The molecule has 1 amide bonds. The number of rotatable bonds is 4. The van der Waals surface area contributed by atoms with E-state index in [2.05, 4.69) is 0 Å². The first-order chi connectivity index (χ1) is 9.58. The van der Waals surface area contributed by atoms with Gasteiger partial charge in [-0.05, 0) is 18.6 Å². The van der Waals surface area contributed by atoms with Crippen molar-refractivity contribution in [3.63, 3.8) is 0 Å². The number of carbonyl (C=O) groups is 2. The monoisotopic (exact) mass is 283 g/mol. The van der Waals surface area contributed by atoms with Gasteiger partial charge < -0.3 is 9.64 Å². The third-order valence-corrected chi connectivity index (χ3v) is 3.24. The summed E-state index contributed by atoms with van der Waals surface area (Å²) in [7, 11) is 0. The molecule has 0 saturated carbocycles. The SMILES string of the molecule is O=C(OCC1CCN(C(=O)C(F)F)C1)c1ccccc1. The summed E-state index contributed by atoms with van der Waals surface area (Å²) in [5.74, 6) is -1.67. The Bertz CT molecular complexity index is 479. The van der Waals surface area contributed by atoms with E-state index in [0.717, 1.165) is 4.90 Å². The lowest BCUT2D eigenvalue weighted by Crippen LogP contribution is -2.34. The Morgan fingerprint density at radius 3 is 2.65 bits per heavy atom. The molecule has 108 valence electrons. The van der Waals surface area contributed by atoms with Crippen LogP contribution in [-0.2, 0) is 9.53 Å². The lowest BCUT2D eigenvalue weighted by Gasteiger charge is -2.15. The van der Waals surface area contributed by atoms with Crippen molar-refractivity contribution < 1.29 is 23.1 Å². The molecule has 1 saturated heterocycles. The van der Waals surface area contributed by atoms with Crippen LogP contribution >= 0.6 is 0 Å². The van der Waals surface area contributed by atoms with Crippen molar-refractivity contribution in [3.8, 4) is 0 Å². The minimum atomic E-state index is -2.97. The number of hydrogen-bond acceptors (Lipinski definition) is 3. The number of carbonyl (C=O) groups excluding carboxylic acids is 2. The number of esters is 1. The molecule has 1 fully saturated rings. The van der Waals surface area contributed by atoms with Gasteiger partial charge in [-0.15, -0.1) is 0 Å². The van der Waals surface area contributed by atoms with E-state index >= 15 is 0 Å². The fourth-order valence-electron chi connectivity index (χ4n) is 2.16. The summed E-state index contributed by atoms with van der Waals surface area (Å²) in [6.45, 7) is 0.642. The van der Waals surface area contributed by atoms with Gasteiger partial charge in [0.15, 0.2) is 0 Å². The van der Waals surface area contributed by atoms with Gasteiger partial charge >= 0.3 is 12.4 Å². The summed E-state index contributed by atoms with van der Waals surface area (Å²) in [5.41, 5.74) is 0.450. The number of nitrogens with zero attached hydrogens (tertiary/aromatic N) is 1. The van der Waals surface area contributed by atoms with Crippen LogP contribution in [0.5, 0.6) is 0 Å². The van der Waals surface area contributed by atoms with Crippen LogP contribution in [0.25, 0.3) is 0 Å². The first-order valence-corrected chi connectivity index (χ1v) is 6.37. The molecule has 1 atom stereocenters. The predicted molar refractivity (Wildman–Crippen MR) is 67.4 cm³/mol. The lowest BCUT2D eigenvalue weighted by molar-refractivity contribution is -0.141. The molecule has 1 aliphatic rings. The van der Waals surface area contributed by atoms with Crippen molar-refractivity contribution in [2.45, 2.75) is 12.8 Å². The maximum Gasteiger partial charge on any atom is 0.338 e. The van der Waals surface area contributed by atoms with Crippen molar-refractivity contribution in [1.29, 1.82) is 0 Å². The van der Waals surface area contributed by atoms with Gasteiger partial charge in [0, 0.05) is 19.0 Å². The molecular formula is C14H15F2NO3. The summed E-state index contributed by atoms with van der Waals surface area (Å²) in [5, 5.41) is 0. The van der Waals surface area contributed by atoms with Gasteiger partial charge in [0.25, 0.3) is 5.91 Å². The normalized spacial score (nSPS) is 18.4. The van der Waals surface area contributed by atoms with E-state index in [-0.39, 0.29) is 25.6 Å². The summed E-state index contributed by atoms with van der Waals surface area (Å²) in [4.78, 5) is 23.9. The summed E-state index contributed by atoms with van der Waals surface area (Å²) < 4.78 is 29.7. The molecule has 1 aromatic rings. The first-order valence-electron chi connectivity index (χ1n) is 6.37. The highest BCUT2D eigenvalue weighted by molar-refractivity contribution is 5.89. The van der Waals surface area contributed by atoms with E-state index in [0.29, 0.717) is 12.0 Å². The molecule has 4 nitrogen and oxygen atoms in total. The van der Waals surface area contributed by atoms with Gasteiger partial charge in [0.05, 0.1) is 12.2 Å². The van der Waals surface area contributed by atoms with Crippen LogP contribution in [0.15, 0.2) is 30.3 Å². The van der Waals surface area contributed by atoms with E-state index in [1.54, 1.807) is 30.3 Å². The number of halogens is 2. The van der Waals surface area contributed by atoms with E-state index < -0.39 is 18.3 Å². The third-order valence-electron chi connectivity index (χ3n) is 3.24. The third kappa shape index (κ3) is 3.53. The number of amides is 1. The minimum Gasteiger partial charge on any atom is -0.462 e. The average Bonchev–Trinajstić information content (AvgIpc) is 2.93.